The van der Waals surface area contributed by atoms with Crippen LogP contribution >= 0.6 is 0 Å². The Morgan fingerprint density at radius 3 is 2.94 bits per heavy atom. The van der Waals surface area contributed by atoms with E-state index >= 15 is 0 Å². The number of carbonyl (C=O) groups excluding carboxylic acids is 1. The van der Waals surface area contributed by atoms with E-state index in [0.29, 0.717) is 0 Å². The minimum absolute atomic E-state index is 0.0133. The lowest BCUT2D eigenvalue weighted by Gasteiger charge is -2.05. The zero-order chi connectivity index (χ0) is 12.6. The summed E-state index contributed by atoms with van der Waals surface area (Å²) in [7, 11) is 0. The molecule has 0 saturated heterocycles. The molecule has 0 radical (unpaired) electrons. The number of primary amides is 1. The summed E-state index contributed by atoms with van der Waals surface area (Å²) in [5, 5.41) is 7.21. The normalized spacial score (nSPS) is 12.8. The van der Waals surface area contributed by atoms with Crippen molar-refractivity contribution < 1.29 is 9.35 Å². The molecule has 10 heteroatoms. The molecule has 0 aromatic carbocycles. The van der Waals surface area contributed by atoms with E-state index in [1.54, 1.807) is 0 Å². The average molecular weight is 256 g/mol. The Labute approximate surface area is 97.4 Å². The molecule has 0 aliphatic heterocycles. The highest BCUT2D eigenvalue weighted by Gasteiger charge is 2.16. The number of amides is 1. The van der Waals surface area contributed by atoms with Gasteiger partial charge in [-0.3, -0.25) is 4.79 Å². The second kappa shape index (κ2) is 4.14. The van der Waals surface area contributed by atoms with E-state index in [9.17, 15) is 14.1 Å². The lowest BCUT2D eigenvalue weighted by atomic mass is 10.4. The Bertz CT molecular complexity index is 632. The molecule has 90 valence electrons. The first-order valence-electron chi connectivity index (χ1n) is 4.41. The quantitative estimate of drug-likeness (QED) is 0.615. The van der Waals surface area contributed by atoms with E-state index in [-0.39, 0.29) is 17.2 Å². The van der Waals surface area contributed by atoms with E-state index < -0.39 is 22.8 Å². The first kappa shape index (κ1) is 11.5. The van der Waals surface area contributed by atoms with Crippen LogP contribution in [0.3, 0.4) is 0 Å². The second-order valence-electron chi connectivity index (χ2n) is 3.22. The average Bonchev–Trinajstić information content (AvgIpc) is 2.66. The van der Waals surface area contributed by atoms with Gasteiger partial charge in [0.2, 0.25) is 5.88 Å². The van der Waals surface area contributed by atoms with Gasteiger partial charge in [0.15, 0.2) is 11.3 Å². The summed E-state index contributed by atoms with van der Waals surface area (Å²) in [6, 6.07) is 0. The van der Waals surface area contributed by atoms with Crippen molar-refractivity contribution in [2.45, 2.75) is 5.88 Å². The highest BCUT2D eigenvalue weighted by molar-refractivity contribution is 7.89. The summed E-state index contributed by atoms with van der Waals surface area (Å²) in [6.45, 7) is 0. The number of hydrogen-bond donors (Lipinski definition) is 1. The number of imidazole rings is 1. The number of nitrogens with zero attached hydrogens (tertiary/aromatic N) is 5. The summed E-state index contributed by atoms with van der Waals surface area (Å²) in [5.41, 5.74) is 4.34. The van der Waals surface area contributed by atoms with Gasteiger partial charge in [0.05, 0.1) is 6.26 Å². The van der Waals surface area contributed by atoms with Crippen LogP contribution in [-0.4, -0.2) is 41.1 Å². The number of rotatable bonds is 3. The fourth-order valence-electron chi connectivity index (χ4n) is 1.26. The minimum Gasteiger partial charge on any atom is -0.615 e. The highest BCUT2D eigenvalue weighted by Crippen LogP contribution is 2.01. The number of aromatic nitrogens is 5. The molecular weight excluding hydrogens is 248 g/mol. The van der Waals surface area contributed by atoms with Crippen LogP contribution in [0.5, 0.6) is 0 Å². The number of nitrogens with two attached hydrogens (primary N) is 1. The zero-order valence-corrected chi connectivity index (χ0v) is 9.55. The maximum atomic E-state index is 11.8. The van der Waals surface area contributed by atoms with Crippen LogP contribution in [0.25, 0.3) is 5.65 Å². The molecule has 0 bridgehead atoms. The van der Waals surface area contributed by atoms with E-state index in [1.165, 1.54) is 6.26 Å². The third-order valence-corrected chi connectivity index (χ3v) is 2.56. The molecule has 2 N–H and O–H groups in total. The van der Waals surface area contributed by atoms with Crippen molar-refractivity contribution in [2.24, 2.45) is 5.73 Å². The second-order valence-corrected chi connectivity index (χ2v) is 4.63. The maximum Gasteiger partial charge on any atom is 0.357 e. The van der Waals surface area contributed by atoms with Crippen molar-refractivity contribution in [1.82, 2.24) is 24.4 Å². The molecule has 0 spiro atoms. The van der Waals surface area contributed by atoms with Gasteiger partial charge >= 0.3 is 5.69 Å². The first-order valence-corrected chi connectivity index (χ1v) is 6.14. The van der Waals surface area contributed by atoms with Crippen LogP contribution in [0.4, 0.5) is 0 Å². The molecule has 0 saturated carbocycles. The first-order chi connectivity index (χ1) is 8.00. The molecule has 2 heterocycles. The summed E-state index contributed by atoms with van der Waals surface area (Å²) in [6.07, 6.45) is 2.56. The highest BCUT2D eigenvalue weighted by atomic mass is 32.2. The number of fused-ring (bicyclic) bond motifs is 1. The van der Waals surface area contributed by atoms with Gasteiger partial charge in [-0.05, 0) is 11.2 Å². The fraction of sp³-hybridized carbons (Fsp3) is 0.286. The van der Waals surface area contributed by atoms with Gasteiger partial charge in [0, 0.05) is 0 Å². The Hall–Kier alpha value is -1.94. The van der Waals surface area contributed by atoms with Crippen molar-refractivity contribution in [1.29, 1.82) is 0 Å². The van der Waals surface area contributed by atoms with E-state index in [1.807, 2.05) is 0 Å². The molecule has 17 heavy (non-hydrogen) atoms. The van der Waals surface area contributed by atoms with Crippen LogP contribution in [0, 0.1) is 0 Å². The SMILES string of the molecule is C[S+]([O-])Cn1nnc2c(C(N)=O)ncn2c1=O. The molecule has 0 fully saturated rings. The molecule has 2 aromatic rings. The van der Waals surface area contributed by atoms with E-state index in [0.717, 1.165) is 15.4 Å². The summed E-state index contributed by atoms with van der Waals surface area (Å²) in [5.74, 6) is -0.871. The van der Waals surface area contributed by atoms with Crippen LogP contribution in [0.2, 0.25) is 0 Å². The Morgan fingerprint density at radius 2 is 2.35 bits per heavy atom. The van der Waals surface area contributed by atoms with E-state index in [4.69, 9.17) is 5.73 Å². The molecule has 2 rings (SSSR count). The van der Waals surface area contributed by atoms with Gasteiger partial charge in [-0.25, -0.2) is 14.2 Å². The fourth-order valence-corrected chi connectivity index (χ4v) is 1.77. The topological polar surface area (TPSA) is 131 Å². The van der Waals surface area contributed by atoms with Crippen molar-refractivity contribution in [3.05, 3.63) is 22.5 Å². The van der Waals surface area contributed by atoms with Crippen LogP contribution in [0.15, 0.2) is 11.1 Å². The lowest BCUT2D eigenvalue weighted by Crippen LogP contribution is -2.32. The molecule has 1 atom stereocenters. The van der Waals surface area contributed by atoms with E-state index in [2.05, 4.69) is 15.3 Å². The van der Waals surface area contributed by atoms with Gasteiger partial charge in [-0.2, -0.15) is 0 Å². The Morgan fingerprint density at radius 1 is 1.65 bits per heavy atom. The lowest BCUT2D eigenvalue weighted by molar-refractivity contribution is 0.0997. The molecule has 1 unspecified atom stereocenters. The van der Waals surface area contributed by atoms with Crippen LogP contribution in [0.1, 0.15) is 10.5 Å². The molecule has 0 aliphatic rings. The molecule has 0 aliphatic carbocycles. The van der Waals surface area contributed by atoms with Gasteiger partial charge in [-0.1, -0.05) is 5.21 Å². The molecule has 2 aromatic heterocycles. The van der Waals surface area contributed by atoms with Crippen molar-refractivity contribution in [3.63, 3.8) is 0 Å². The van der Waals surface area contributed by atoms with Gasteiger partial charge in [0.1, 0.15) is 6.33 Å². The standard InChI is InChI=1S/C7H8N6O3S/c1-17(16)3-13-7(15)12-2-9-4(5(8)14)6(12)10-11-13/h2H,3H2,1H3,(H2,8,14). The van der Waals surface area contributed by atoms with Crippen molar-refractivity contribution >= 4 is 22.7 Å². The van der Waals surface area contributed by atoms with Crippen molar-refractivity contribution in [3.8, 4) is 0 Å². The minimum atomic E-state index is -1.24. The van der Waals surface area contributed by atoms with Crippen LogP contribution in [-0.2, 0) is 17.1 Å². The largest absolute Gasteiger partial charge is 0.615 e. The third-order valence-electron chi connectivity index (χ3n) is 1.95. The predicted octanol–water partition coefficient (Wildman–Crippen LogP) is -2.28. The Balaban J connectivity index is 2.62. The summed E-state index contributed by atoms with van der Waals surface area (Å²) < 4.78 is 13.0. The van der Waals surface area contributed by atoms with Gasteiger partial charge in [-0.15, -0.1) is 9.78 Å². The van der Waals surface area contributed by atoms with Gasteiger partial charge in [0.25, 0.3) is 5.91 Å². The number of hydrogen-bond acceptors (Lipinski definition) is 6. The smallest absolute Gasteiger partial charge is 0.357 e. The molecule has 1 amide bonds. The monoisotopic (exact) mass is 256 g/mol. The summed E-state index contributed by atoms with van der Waals surface area (Å²) in [4.78, 5) is 26.4. The molecular formula is C7H8N6O3S. The predicted molar refractivity (Wildman–Crippen MR) is 57.6 cm³/mol. The van der Waals surface area contributed by atoms with Crippen LogP contribution < -0.4 is 11.4 Å². The maximum absolute atomic E-state index is 11.8. The third kappa shape index (κ3) is 1.99. The van der Waals surface area contributed by atoms with Crippen molar-refractivity contribution in [2.75, 3.05) is 6.26 Å². The van der Waals surface area contributed by atoms with Gasteiger partial charge < -0.3 is 10.3 Å². The zero-order valence-electron chi connectivity index (χ0n) is 8.73. The number of carbonyl (C=O) groups is 1. The summed E-state index contributed by atoms with van der Waals surface area (Å²) >= 11 is -1.24. The Kier molecular flexibility index (Phi) is 2.81. The molecule has 9 nitrogen and oxygen atoms in total.